The fourth-order valence-electron chi connectivity index (χ4n) is 2.35. The van der Waals surface area contributed by atoms with Gasteiger partial charge in [-0.05, 0) is 24.5 Å². The Balaban J connectivity index is 2.05. The van der Waals surface area contributed by atoms with Crippen molar-refractivity contribution in [3.63, 3.8) is 0 Å². The number of nitrogens with one attached hydrogen (secondary N) is 1. The average Bonchev–Trinajstić information content (AvgIpc) is 2.46. The van der Waals surface area contributed by atoms with E-state index >= 15 is 0 Å². The molecule has 0 radical (unpaired) electrons. The highest BCUT2D eigenvalue weighted by Crippen LogP contribution is 2.18. The Morgan fingerprint density at radius 3 is 2.89 bits per heavy atom. The number of guanidine groups is 1. The molecule has 19 heavy (non-hydrogen) atoms. The third-order valence-corrected chi connectivity index (χ3v) is 3.32. The van der Waals surface area contributed by atoms with E-state index in [2.05, 4.69) is 46.4 Å². The van der Waals surface area contributed by atoms with Gasteiger partial charge in [0, 0.05) is 26.7 Å². The topological polar surface area (TPSA) is 36.9 Å². The van der Waals surface area contributed by atoms with Crippen LogP contribution >= 0.6 is 0 Å². The van der Waals surface area contributed by atoms with E-state index in [4.69, 9.17) is 4.74 Å². The summed E-state index contributed by atoms with van der Waals surface area (Å²) >= 11 is 0. The lowest BCUT2D eigenvalue weighted by Crippen LogP contribution is -2.44. The number of benzene rings is 1. The molecule has 0 atom stereocenters. The first-order chi connectivity index (χ1) is 9.35. The molecule has 0 aromatic heterocycles. The van der Waals surface area contributed by atoms with Gasteiger partial charge in [0.05, 0.1) is 13.2 Å². The van der Waals surface area contributed by atoms with Crippen LogP contribution in [0.5, 0.6) is 0 Å². The van der Waals surface area contributed by atoms with Crippen LogP contribution in [-0.2, 0) is 17.7 Å². The molecular weight excluding hydrogens is 238 g/mol. The largest absolute Gasteiger partial charge is 0.383 e. The molecule has 1 heterocycles. The first-order valence-corrected chi connectivity index (χ1v) is 6.94. The molecule has 1 aliphatic rings. The van der Waals surface area contributed by atoms with E-state index in [0.717, 1.165) is 32.0 Å². The summed E-state index contributed by atoms with van der Waals surface area (Å²) < 4.78 is 5.06. The number of rotatable bonds is 4. The Morgan fingerprint density at radius 2 is 2.16 bits per heavy atom. The molecule has 0 saturated heterocycles. The van der Waals surface area contributed by atoms with Crippen molar-refractivity contribution >= 4 is 5.96 Å². The quantitative estimate of drug-likeness (QED) is 0.509. The fraction of sp³-hybridized carbons (Fsp3) is 0.533. The van der Waals surface area contributed by atoms with Crippen molar-refractivity contribution in [2.45, 2.75) is 19.9 Å². The van der Waals surface area contributed by atoms with Crippen molar-refractivity contribution in [2.75, 3.05) is 33.4 Å². The summed E-state index contributed by atoms with van der Waals surface area (Å²) in [4.78, 5) is 6.93. The van der Waals surface area contributed by atoms with Gasteiger partial charge in [-0.3, -0.25) is 4.99 Å². The lowest BCUT2D eigenvalue weighted by atomic mass is 10.0. The molecular formula is C15H23N3O. The van der Waals surface area contributed by atoms with Crippen molar-refractivity contribution in [2.24, 2.45) is 4.99 Å². The molecule has 1 aliphatic heterocycles. The van der Waals surface area contributed by atoms with Crippen LogP contribution < -0.4 is 5.32 Å². The third kappa shape index (κ3) is 3.70. The van der Waals surface area contributed by atoms with Crippen LogP contribution in [0.4, 0.5) is 0 Å². The highest BCUT2D eigenvalue weighted by Gasteiger charge is 2.18. The number of methoxy groups -OCH3 is 1. The van der Waals surface area contributed by atoms with Gasteiger partial charge in [0.1, 0.15) is 0 Å². The predicted octanol–water partition coefficient (Wildman–Crippen LogP) is 1.66. The van der Waals surface area contributed by atoms with Gasteiger partial charge in [-0.15, -0.1) is 0 Å². The number of fused-ring (bicyclic) bond motifs is 1. The minimum Gasteiger partial charge on any atom is -0.383 e. The van der Waals surface area contributed by atoms with Crippen LogP contribution in [0.25, 0.3) is 0 Å². The van der Waals surface area contributed by atoms with E-state index < -0.39 is 0 Å². The Hall–Kier alpha value is -1.55. The molecule has 2 rings (SSSR count). The maximum atomic E-state index is 5.06. The molecule has 0 amide bonds. The first kappa shape index (κ1) is 13.9. The minimum atomic E-state index is 0.666. The van der Waals surface area contributed by atoms with Gasteiger partial charge in [-0.2, -0.15) is 0 Å². The van der Waals surface area contributed by atoms with Crippen LogP contribution in [0.2, 0.25) is 0 Å². The Kier molecular flexibility index (Phi) is 5.21. The second-order valence-corrected chi connectivity index (χ2v) is 4.67. The average molecular weight is 261 g/mol. The maximum absolute atomic E-state index is 5.06. The van der Waals surface area contributed by atoms with Crippen molar-refractivity contribution in [1.82, 2.24) is 10.2 Å². The van der Waals surface area contributed by atoms with Crippen molar-refractivity contribution in [3.05, 3.63) is 35.4 Å². The molecule has 0 aliphatic carbocycles. The molecule has 1 aromatic carbocycles. The Bertz CT molecular complexity index is 431. The summed E-state index contributed by atoms with van der Waals surface area (Å²) in [5.41, 5.74) is 2.87. The Morgan fingerprint density at radius 1 is 1.37 bits per heavy atom. The molecule has 4 nitrogen and oxygen atoms in total. The van der Waals surface area contributed by atoms with E-state index in [0.29, 0.717) is 13.2 Å². The van der Waals surface area contributed by atoms with Crippen LogP contribution in [0, 0.1) is 0 Å². The number of hydrogen-bond donors (Lipinski definition) is 1. The highest BCUT2D eigenvalue weighted by molar-refractivity contribution is 5.80. The van der Waals surface area contributed by atoms with Gasteiger partial charge in [0.15, 0.2) is 5.96 Å². The fourth-order valence-corrected chi connectivity index (χ4v) is 2.35. The van der Waals surface area contributed by atoms with E-state index in [1.54, 1.807) is 7.11 Å². The van der Waals surface area contributed by atoms with Crippen molar-refractivity contribution < 1.29 is 4.74 Å². The van der Waals surface area contributed by atoms with Gasteiger partial charge in [0.25, 0.3) is 0 Å². The van der Waals surface area contributed by atoms with Crippen LogP contribution in [0.15, 0.2) is 29.3 Å². The lowest BCUT2D eigenvalue weighted by Gasteiger charge is -2.31. The zero-order chi connectivity index (χ0) is 13.5. The first-order valence-electron chi connectivity index (χ1n) is 6.94. The summed E-state index contributed by atoms with van der Waals surface area (Å²) in [6, 6.07) is 8.66. The summed E-state index contributed by atoms with van der Waals surface area (Å²) in [5, 5.41) is 3.36. The second kappa shape index (κ2) is 7.14. The molecule has 1 N–H and O–H groups in total. The normalized spacial score (nSPS) is 15.3. The third-order valence-electron chi connectivity index (χ3n) is 3.32. The SMILES string of the molecule is CCNC(=NCCOC)N1CCc2ccccc2C1. The van der Waals surface area contributed by atoms with Gasteiger partial charge in [-0.1, -0.05) is 24.3 Å². The molecule has 0 fully saturated rings. The van der Waals surface area contributed by atoms with Crippen molar-refractivity contribution in [1.29, 1.82) is 0 Å². The Labute approximate surface area is 115 Å². The molecule has 0 bridgehead atoms. The van der Waals surface area contributed by atoms with E-state index in [-0.39, 0.29) is 0 Å². The zero-order valence-corrected chi connectivity index (χ0v) is 11.9. The summed E-state index contributed by atoms with van der Waals surface area (Å²) in [6.07, 6.45) is 1.09. The number of hydrogen-bond acceptors (Lipinski definition) is 2. The molecule has 1 aromatic rings. The van der Waals surface area contributed by atoms with E-state index in [9.17, 15) is 0 Å². The van der Waals surface area contributed by atoms with Crippen LogP contribution in [-0.4, -0.2) is 44.2 Å². The molecule has 4 heteroatoms. The van der Waals surface area contributed by atoms with E-state index in [1.807, 2.05) is 0 Å². The monoisotopic (exact) mass is 261 g/mol. The molecule has 0 spiro atoms. The van der Waals surface area contributed by atoms with Gasteiger partial charge in [-0.25, -0.2) is 0 Å². The number of aliphatic imine (C=N–C) groups is 1. The van der Waals surface area contributed by atoms with E-state index in [1.165, 1.54) is 11.1 Å². The standard InChI is InChI=1S/C15H23N3O/c1-3-16-15(17-9-11-19-2)18-10-8-13-6-4-5-7-14(13)12-18/h4-7H,3,8-12H2,1-2H3,(H,16,17). The van der Waals surface area contributed by atoms with Gasteiger partial charge >= 0.3 is 0 Å². The molecule has 104 valence electrons. The lowest BCUT2D eigenvalue weighted by molar-refractivity contribution is 0.207. The van der Waals surface area contributed by atoms with Gasteiger partial charge in [0.2, 0.25) is 0 Å². The molecule has 0 unspecified atom stereocenters. The minimum absolute atomic E-state index is 0.666. The number of nitrogens with zero attached hydrogens (tertiary/aromatic N) is 2. The zero-order valence-electron chi connectivity index (χ0n) is 11.9. The smallest absolute Gasteiger partial charge is 0.194 e. The van der Waals surface area contributed by atoms with Crippen molar-refractivity contribution in [3.8, 4) is 0 Å². The van der Waals surface area contributed by atoms with Gasteiger partial charge < -0.3 is 15.0 Å². The molecule has 0 saturated carbocycles. The highest BCUT2D eigenvalue weighted by atomic mass is 16.5. The maximum Gasteiger partial charge on any atom is 0.194 e. The summed E-state index contributed by atoms with van der Waals surface area (Å²) in [7, 11) is 1.71. The summed E-state index contributed by atoms with van der Waals surface area (Å²) in [6.45, 7) is 6.33. The summed E-state index contributed by atoms with van der Waals surface area (Å²) in [5.74, 6) is 0.994. The van der Waals surface area contributed by atoms with Crippen LogP contribution in [0.1, 0.15) is 18.1 Å². The van der Waals surface area contributed by atoms with Crippen LogP contribution in [0.3, 0.4) is 0 Å². The predicted molar refractivity (Wildman–Crippen MR) is 78.4 cm³/mol. The number of ether oxygens (including phenoxy) is 1. The second-order valence-electron chi connectivity index (χ2n) is 4.67.